The molecule has 0 bridgehead atoms. The van der Waals surface area contributed by atoms with Gasteiger partial charge in [-0.1, -0.05) is 76.9 Å². The first-order chi connectivity index (χ1) is 10.9. The number of hydrogen-bond donors (Lipinski definition) is 0. The second kappa shape index (κ2) is 20.7. The second-order valence-electron chi connectivity index (χ2n) is 6.17. The van der Waals surface area contributed by atoms with Gasteiger partial charge in [0.05, 0.1) is 13.2 Å². The molecule has 0 aromatic heterocycles. The molecule has 0 amide bonds. The average Bonchev–Trinajstić information content (AvgIpc) is 2.54. The Labute approximate surface area is 139 Å². The van der Waals surface area contributed by atoms with E-state index in [1.807, 2.05) is 6.92 Å². The van der Waals surface area contributed by atoms with Crippen molar-refractivity contribution < 1.29 is 9.78 Å². The lowest BCUT2D eigenvalue weighted by atomic mass is 10.1. The Balaban J connectivity index is 3.02. The minimum Gasteiger partial charge on any atom is -0.237 e. The van der Waals surface area contributed by atoms with E-state index in [-0.39, 0.29) is 0 Å². The third kappa shape index (κ3) is 19.7. The predicted octanol–water partition coefficient (Wildman–Crippen LogP) is 6.99. The van der Waals surface area contributed by atoms with E-state index in [4.69, 9.17) is 9.78 Å². The highest BCUT2D eigenvalue weighted by Gasteiger charge is 1.92. The third-order valence-corrected chi connectivity index (χ3v) is 3.94. The van der Waals surface area contributed by atoms with Crippen LogP contribution in [-0.4, -0.2) is 13.2 Å². The Morgan fingerprint density at radius 2 is 1.05 bits per heavy atom. The molecule has 0 aromatic rings. The summed E-state index contributed by atoms with van der Waals surface area (Å²) >= 11 is 0. The molecular weight excluding hydrogens is 272 g/mol. The molecule has 0 radical (unpaired) electrons. The molecule has 0 aromatic carbocycles. The highest BCUT2D eigenvalue weighted by molar-refractivity contribution is 4.81. The van der Waals surface area contributed by atoms with Gasteiger partial charge in [-0.15, -0.1) is 0 Å². The first-order valence-corrected chi connectivity index (χ1v) is 9.81. The maximum Gasteiger partial charge on any atom is 0.0822 e. The molecule has 132 valence electrons. The van der Waals surface area contributed by atoms with Crippen LogP contribution < -0.4 is 0 Å². The first kappa shape index (κ1) is 21.7. The zero-order valence-corrected chi connectivity index (χ0v) is 15.3. The van der Waals surface area contributed by atoms with Crippen molar-refractivity contribution in [3.05, 3.63) is 12.2 Å². The Morgan fingerprint density at radius 3 is 1.59 bits per heavy atom. The van der Waals surface area contributed by atoms with Gasteiger partial charge in [0, 0.05) is 0 Å². The van der Waals surface area contributed by atoms with E-state index in [2.05, 4.69) is 19.1 Å². The van der Waals surface area contributed by atoms with E-state index in [1.54, 1.807) is 0 Å². The minimum atomic E-state index is 0.645. The van der Waals surface area contributed by atoms with Gasteiger partial charge in [0.2, 0.25) is 0 Å². The van der Waals surface area contributed by atoms with Crippen LogP contribution in [-0.2, 0) is 9.78 Å². The van der Waals surface area contributed by atoms with Crippen molar-refractivity contribution in [2.24, 2.45) is 0 Å². The molecule has 0 rings (SSSR count). The van der Waals surface area contributed by atoms with Gasteiger partial charge in [0.25, 0.3) is 0 Å². The normalized spacial score (nSPS) is 11.5. The Kier molecular flexibility index (Phi) is 20.3. The van der Waals surface area contributed by atoms with Crippen LogP contribution in [0.25, 0.3) is 0 Å². The van der Waals surface area contributed by atoms with Crippen molar-refractivity contribution in [1.29, 1.82) is 0 Å². The van der Waals surface area contributed by atoms with E-state index in [1.165, 1.54) is 83.5 Å². The molecule has 0 aliphatic heterocycles. The lowest BCUT2D eigenvalue weighted by molar-refractivity contribution is -0.291. The number of unbranched alkanes of at least 4 members (excludes halogenated alkanes) is 12. The molecule has 2 nitrogen and oxygen atoms in total. The Hall–Kier alpha value is -0.340. The molecule has 0 fully saturated rings. The van der Waals surface area contributed by atoms with Gasteiger partial charge in [0.15, 0.2) is 0 Å². The van der Waals surface area contributed by atoms with Crippen LogP contribution in [0.15, 0.2) is 12.2 Å². The Morgan fingerprint density at radius 1 is 0.545 bits per heavy atom. The summed E-state index contributed by atoms with van der Waals surface area (Å²) < 4.78 is 0. The van der Waals surface area contributed by atoms with Crippen LogP contribution in [0.1, 0.15) is 104 Å². The topological polar surface area (TPSA) is 18.5 Å². The fraction of sp³-hybridized carbons (Fsp3) is 0.900. The molecule has 2 heteroatoms. The summed E-state index contributed by atoms with van der Waals surface area (Å²) in [5, 5.41) is 0. The largest absolute Gasteiger partial charge is 0.237 e. The van der Waals surface area contributed by atoms with Crippen molar-refractivity contribution in [2.75, 3.05) is 13.2 Å². The fourth-order valence-corrected chi connectivity index (χ4v) is 2.55. The molecule has 0 saturated carbocycles. The van der Waals surface area contributed by atoms with Crippen LogP contribution in [0, 0.1) is 0 Å². The SMILES string of the molecule is CCCCCCCC/C=C\CCCCCCCCOOCC. The van der Waals surface area contributed by atoms with Crippen LogP contribution in [0.3, 0.4) is 0 Å². The van der Waals surface area contributed by atoms with Gasteiger partial charge >= 0.3 is 0 Å². The molecule has 0 aliphatic rings. The standard InChI is InChI=1S/C20H40O2/c1-3-5-6-7-8-9-10-11-12-13-14-15-16-17-18-19-20-22-21-4-2/h11-12H,3-10,13-20H2,1-2H3/b12-11-. The van der Waals surface area contributed by atoms with Crippen LogP contribution in [0.5, 0.6) is 0 Å². The van der Waals surface area contributed by atoms with Crippen molar-refractivity contribution in [3.8, 4) is 0 Å². The zero-order chi connectivity index (χ0) is 16.1. The van der Waals surface area contributed by atoms with E-state index < -0.39 is 0 Å². The summed E-state index contributed by atoms with van der Waals surface area (Å²) in [5.74, 6) is 0. The average molecular weight is 313 g/mol. The smallest absolute Gasteiger partial charge is 0.0822 e. The molecule has 0 aliphatic carbocycles. The predicted molar refractivity (Wildman–Crippen MR) is 97.0 cm³/mol. The van der Waals surface area contributed by atoms with Gasteiger partial charge in [-0.05, 0) is 39.0 Å². The summed E-state index contributed by atoms with van der Waals surface area (Å²) in [7, 11) is 0. The maximum absolute atomic E-state index is 4.99. The number of allylic oxidation sites excluding steroid dienone is 2. The summed E-state index contributed by atoms with van der Waals surface area (Å²) in [6.07, 6.45) is 23.5. The highest BCUT2D eigenvalue weighted by atomic mass is 17.2. The summed E-state index contributed by atoms with van der Waals surface area (Å²) in [4.78, 5) is 9.84. The van der Waals surface area contributed by atoms with Gasteiger partial charge < -0.3 is 0 Å². The molecule has 0 heterocycles. The summed E-state index contributed by atoms with van der Waals surface area (Å²) in [6, 6.07) is 0. The lowest BCUT2D eigenvalue weighted by Crippen LogP contribution is -1.95. The third-order valence-electron chi connectivity index (χ3n) is 3.94. The lowest BCUT2D eigenvalue weighted by Gasteiger charge is -2.02. The van der Waals surface area contributed by atoms with Gasteiger partial charge in [-0.2, -0.15) is 0 Å². The molecule has 0 unspecified atom stereocenters. The van der Waals surface area contributed by atoms with Gasteiger partial charge in [-0.3, -0.25) is 0 Å². The monoisotopic (exact) mass is 312 g/mol. The zero-order valence-electron chi connectivity index (χ0n) is 15.3. The van der Waals surface area contributed by atoms with Crippen LogP contribution in [0.2, 0.25) is 0 Å². The van der Waals surface area contributed by atoms with E-state index >= 15 is 0 Å². The molecule has 0 N–H and O–H groups in total. The quantitative estimate of drug-likeness (QED) is 0.117. The second-order valence-corrected chi connectivity index (χ2v) is 6.17. The minimum absolute atomic E-state index is 0.645. The molecule has 0 atom stereocenters. The van der Waals surface area contributed by atoms with Crippen molar-refractivity contribution in [1.82, 2.24) is 0 Å². The summed E-state index contributed by atoms with van der Waals surface area (Å²) in [5.41, 5.74) is 0. The van der Waals surface area contributed by atoms with Crippen LogP contribution >= 0.6 is 0 Å². The van der Waals surface area contributed by atoms with Crippen molar-refractivity contribution >= 4 is 0 Å². The van der Waals surface area contributed by atoms with Crippen molar-refractivity contribution in [2.45, 2.75) is 104 Å². The summed E-state index contributed by atoms with van der Waals surface area (Å²) in [6.45, 7) is 5.61. The number of rotatable bonds is 18. The van der Waals surface area contributed by atoms with Crippen molar-refractivity contribution in [3.63, 3.8) is 0 Å². The van der Waals surface area contributed by atoms with E-state index in [9.17, 15) is 0 Å². The highest BCUT2D eigenvalue weighted by Crippen LogP contribution is 2.09. The molecule has 0 saturated heterocycles. The first-order valence-electron chi connectivity index (χ1n) is 9.81. The van der Waals surface area contributed by atoms with E-state index in [0.29, 0.717) is 6.61 Å². The maximum atomic E-state index is 4.99. The van der Waals surface area contributed by atoms with Crippen LogP contribution in [0.4, 0.5) is 0 Å². The van der Waals surface area contributed by atoms with Gasteiger partial charge in [-0.25, -0.2) is 9.78 Å². The molecular formula is C20H40O2. The Bertz CT molecular complexity index is 214. The molecule has 22 heavy (non-hydrogen) atoms. The van der Waals surface area contributed by atoms with Gasteiger partial charge in [0.1, 0.15) is 0 Å². The molecule has 0 spiro atoms. The fourth-order valence-electron chi connectivity index (χ4n) is 2.55. The van der Waals surface area contributed by atoms with E-state index in [0.717, 1.165) is 13.0 Å². The number of hydrogen-bond acceptors (Lipinski definition) is 2.